The minimum atomic E-state index is -1.57. The van der Waals surface area contributed by atoms with E-state index in [9.17, 15) is 19.8 Å². The average Bonchev–Trinajstić information content (AvgIpc) is 3.85. The van der Waals surface area contributed by atoms with Gasteiger partial charge in [-0.2, -0.15) is 0 Å². The van der Waals surface area contributed by atoms with Crippen LogP contribution in [0, 0.1) is 17.8 Å². The number of rotatable bonds is 23. The van der Waals surface area contributed by atoms with E-state index < -0.39 is 29.9 Å². The number of carbonyl (C=O) groups excluding carboxylic acids is 2. The number of unbranched alkanes of at least 4 members (excludes halogenated alkanes) is 2. The van der Waals surface area contributed by atoms with Crippen molar-refractivity contribution >= 4 is 17.9 Å². The molecule has 0 radical (unpaired) electrons. The highest BCUT2D eigenvalue weighted by atomic mass is 16.7. The smallest absolute Gasteiger partial charge is 0.412 e. The summed E-state index contributed by atoms with van der Waals surface area (Å²) >= 11 is 0. The molecule has 2 amide bonds. The summed E-state index contributed by atoms with van der Waals surface area (Å²) in [5.41, 5.74) is 4.95. The molecule has 4 aromatic rings. The maximum atomic E-state index is 15.0. The van der Waals surface area contributed by atoms with E-state index in [1.54, 1.807) is 23.1 Å². The molecule has 15 nitrogen and oxygen atoms in total. The van der Waals surface area contributed by atoms with E-state index in [1.807, 2.05) is 84.9 Å². The molecule has 4 aliphatic rings. The molecule has 69 heavy (non-hydrogen) atoms. The van der Waals surface area contributed by atoms with E-state index in [4.69, 9.17) is 38.0 Å². The summed E-state index contributed by atoms with van der Waals surface area (Å²) in [6, 6.07) is 29.4. The molecule has 0 saturated heterocycles. The Bertz CT molecular complexity index is 2410. The fourth-order valence-electron chi connectivity index (χ4n) is 10.3. The molecule has 2 heterocycles. The number of benzene rings is 4. The second kappa shape index (κ2) is 23.8. The number of hydrogen-bond acceptors (Lipinski definition) is 13. The second-order valence-electron chi connectivity index (χ2n) is 17.7. The fraction of sp³-hybridized carbons (Fsp3) is 0.426. The van der Waals surface area contributed by atoms with Crippen molar-refractivity contribution in [1.82, 2.24) is 10.2 Å². The van der Waals surface area contributed by atoms with Gasteiger partial charge in [-0.25, -0.2) is 9.59 Å². The third-order valence-corrected chi connectivity index (χ3v) is 13.3. The maximum absolute atomic E-state index is 15.0. The van der Waals surface area contributed by atoms with Gasteiger partial charge in [0, 0.05) is 44.2 Å². The lowest BCUT2D eigenvalue weighted by Crippen LogP contribution is -2.70. The van der Waals surface area contributed by atoms with Crippen molar-refractivity contribution in [1.29, 1.82) is 0 Å². The maximum Gasteiger partial charge on any atom is 0.412 e. The number of nitrogens with one attached hydrogen (secondary N) is 1. The van der Waals surface area contributed by atoms with Gasteiger partial charge in [-0.1, -0.05) is 96.9 Å². The Morgan fingerprint density at radius 1 is 0.870 bits per heavy atom. The van der Waals surface area contributed by atoms with Crippen LogP contribution in [0.3, 0.4) is 0 Å². The minimum Gasteiger partial charge on any atom is -0.459 e. The van der Waals surface area contributed by atoms with Gasteiger partial charge in [0.15, 0.2) is 11.5 Å². The van der Waals surface area contributed by atoms with Crippen LogP contribution in [0.2, 0.25) is 0 Å². The third-order valence-electron chi connectivity index (χ3n) is 13.3. The molecule has 3 N–H and O–H groups in total. The van der Waals surface area contributed by atoms with Crippen LogP contribution in [0.25, 0.3) is 0 Å². The molecule has 6 atom stereocenters. The highest BCUT2D eigenvalue weighted by Gasteiger charge is 2.65. The zero-order valence-corrected chi connectivity index (χ0v) is 39.2. The first-order chi connectivity index (χ1) is 33.8. The van der Waals surface area contributed by atoms with Crippen molar-refractivity contribution in [2.75, 3.05) is 46.9 Å². The van der Waals surface area contributed by atoms with Gasteiger partial charge in [0.1, 0.15) is 31.3 Å². The lowest BCUT2D eigenvalue weighted by Gasteiger charge is -2.59. The molecule has 4 aromatic carbocycles. The molecule has 2 aliphatic heterocycles. The first kappa shape index (κ1) is 49.0. The van der Waals surface area contributed by atoms with E-state index in [-0.39, 0.29) is 77.1 Å². The van der Waals surface area contributed by atoms with Crippen molar-refractivity contribution in [3.05, 3.63) is 144 Å². The number of allylic oxidation sites excluding steroid dienone is 1. The van der Waals surface area contributed by atoms with E-state index in [0.29, 0.717) is 48.2 Å². The molecule has 15 heteroatoms. The molecule has 8 rings (SSSR count). The molecule has 0 bridgehead atoms. The SMILES string of the molecule is C=CCO[C@@]12Oc3ccc(OC(=O)NCc4ccccc4)cc3[C@H]3[C@H](CCCCO)[C@@H](CCCCO)C=C(C(=NOC)C[C@@H]1N(Cc1ccc4c(c1)OCO4)C(=O)OCCOCc1ccccc1)[C@H]32. The van der Waals surface area contributed by atoms with E-state index in [2.05, 4.69) is 23.1 Å². The topological polar surface area (TPSA) is 176 Å². The van der Waals surface area contributed by atoms with Crippen molar-refractivity contribution in [2.24, 2.45) is 22.9 Å². The van der Waals surface area contributed by atoms with Crippen LogP contribution >= 0.6 is 0 Å². The van der Waals surface area contributed by atoms with Gasteiger partial charge in [-0.05, 0) is 90.1 Å². The summed E-state index contributed by atoms with van der Waals surface area (Å²) < 4.78 is 43.9. The lowest BCUT2D eigenvalue weighted by atomic mass is 9.55. The minimum absolute atomic E-state index is 0.00233. The molecular weight excluding hydrogens is 883 g/mol. The van der Waals surface area contributed by atoms with Crippen LogP contribution in [-0.4, -0.2) is 91.8 Å². The highest BCUT2D eigenvalue weighted by Crippen LogP contribution is 2.62. The Labute approximate surface area is 403 Å². The van der Waals surface area contributed by atoms with Crippen molar-refractivity contribution in [3.8, 4) is 23.0 Å². The zero-order valence-electron chi connectivity index (χ0n) is 39.2. The normalized spacial score (nSPS) is 22.3. The van der Waals surface area contributed by atoms with Crippen molar-refractivity contribution < 1.29 is 57.8 Å². The van der Waals surface area contributed by atoms with Crippen LogP contribution in [0.4, 0.5) is 9.59 Å². The largest absolute Gasteiger partial charge is 0.459 e. The third kappa shape index (κ3) is 11.6. The Morgan fingerprint density at radius 3 is 2.36 bits per heavy atom. The molecular formula is C54H63N3O12. The number of hydrogen-bond donors (Lipinski definition) is 3. The molecule has 1 saturated carbocycles. The molecule has 366 valence electrons. The summed E-state index contributed by atoms with van der Waals surface area (Å²) in [7, 11) is 1.50. The van der Waals surface area contributed by atoms with Gasteiger partial charge in [-0.15, -0.1) is 6.58 Å². The van der Waals surface area contributed by atoms with E-state index in [1.165, 1.54) is 7.11 Å². The first-order valence-corrected chi connectivity index (χ1v) is 23.9. The highest BCUT2D eigenvalue weighted by molar-refractivity contribution is 6.03. The van der Waals surface area contributed by atoms with Gasteiger partial charge in [0.2, 0.25) is 12.6 Å². The van der Waals surface area contributed by atoms with E-state index in [0.717, 1.165) is 53.5 Å². The van der Waals surface area contributed by atoms with Crippen LogP contribution < -0.4 is 24.3 Å². The Hall–Kier alpha value is -6.39. The first-order valence-electron chi connectivity index (χ1n) is 23.9. The fourth-order valence-corrected chi connectivity index (χ4v) is 10.3. The van der Waals surface area contributed by atoms with Crippen LogP contribution in [0.15, 0.2) is 127 Å². The summed E-state index contributed by atoms with van der Waals surface area (Å²) in [5.74, 6) is -0.593. The summed E-state index contributed by atoms with van der Waals surface area (Å²) in [5, 5.41) is 27.5. The van der Waals surface area contributed by atoms with Gasteiger partial charge in [0.25, 0.3) is 0 Å². The monoisotopic (exact) mass is 945 g/mol. The Balaban J connectivity index is 1.22. The quantitative estimate of drug-likeness (QED) is 0.0367. The average molecular weight is 946 g/mol. The van der Waals surface area contributed by atoms with Gasteiger partial charge < -0.3 is 53.5 Å². The lowest BCUT2D eigenvalue weighted by molar-refractivity contribution is -0.256. The molecule has 0 unspecified atom stereocenters. The predicted molar refractivity (Wildman–Crippen MR) is 257 cm³/mol. The molecule has 1 fully saturated rings. The zero-order chi connectivity index (χ0) is 48.0. The second-order valence-corrected chi connectivity index (χ2v) is 17.7. The van der Waals surface area contributed by atoms with Gasteiger partial charge in [0.05, 0.1) is 31.5 Å². The predicted octanol–water partition coefficient (Wildman–Crippen LogP) is 8.82. The van der Waals surface area contributed by atoms with Crippen LogP contribution in [0.1, 0.15) is 73.1 Å². The number of amides is 2. The van der Waals surface area contributed by atoms with Gasteiger partial charge in [-0.3, -0.25) is 4.90 Å². The summed E-state index contributed by atoms with van der Waals surface area (Å²) in [6.45, 7) is 5.13. The summed E-state index contributed by atoms with van der Waals surface area (Å²) in [4.78, 5) is 35.6. The number of oxime groups is 1. The number of aliphatic hydroxyl groups excluding tert-OH is 2. The molecule has 2 aliphatic carbocycles. The van der Waals surface area contributed by atoms with Crippen molar-refractivity contribution in [3.63, 3.8) is 0 Å². The van der Waals surface area contributed by atoms with Gasteiger partial charge >= 0.3 is 12.2 Å². The Kier molecular flexibility index (Phi) is 16.9. The van der Waals surface area contributed by atoms with Crippen LogP contribution in [-0.2, 0) is 38.7 Å². The standard InChI is InChI=1S/C54H63N3O12/c1-3-26-67-54-49(57(34-39-20-22-47-48(29-39)66-36-65-47)53(61)64-28-27-63-35-38-16-8-5-9-17-38)32-45(56-62-2)43-30-40(18-10-12-24-58)42(19-11-13-25-59)50(51(43)54)44-31-41(21-23-46(44)69-54)68-52(60)55-33-37-14-6-4-7-15-37/h3-9,14-17,20-23,29-31,40,42,49-51,58-59H,1,10-13,18-19,24-28,32-36H2,2H3,(H,55,60)/t40-,42+,49-,50+,51+,54+/m0/s1. The number of ether oxygens (including phenoxy) is 7. The number of carbonyl (C=O) groups is 2. The number of nitrogens with zero attached hydrogens (tertiary/aromatic N) is 2. The molecule has 0 spiro atoms. The number of aliphatic hydroxyl groups is 2. The molecule has 0 aromatic heterocycles. The summed E-state index contributed by atoms with van der Waals surface area (Å²) in [6.07, 6.45) is 7.08. The van der Waals surface area contributed by atoms with Crippen LogP contribution in [0.5, 0.6) is 23.0 Å². The van der Waals surface area contributed by atoms with Crippen molar-refractivity contribution in [2.45, 2.75) is 82.4 Å². The number of fused-ring (bicyclic) bond motifs is 3. The Morgan fingerprint density at radius 2 is 1.61 bits per heavy atom. The van der Waals surface area contributed by atoms with E-state index >= 15 is 0 Å².